The van der Waals surface area contributed by atoms with Gasteiger partial charge in [-0.2, -0.15) is 0 Å². The Morgan fingerprint density at radius 2 is 0.524 bits per heavy atom. The van der Waals surface area contributed by atoms with Crippen molar-refractivity contribution < 1.29 is 35.7 Å². The molecule has 0 radical (unpaired) electrons. The molecule has 0 aromatic rings. The van der Waals surface area contributed by atoms with Crippen LogP contribution in [0, 0.1) is 0 Å². The molecule has 2 rings (SSSR count). The molecule has 0 atom stereocenters. The molecule has 0 aromatic heterocycles. The maximum atomic E-state index is 10.8. The van der Waals surface area contributed by atoms with Gasteiger partial charge in [0.25, 0.3) is 0 Å². The number of carbonyl (C=O) groups is 4. The molecule has 0 amide bonds. The van der Waals surface area contributed by atoms with E-state index in [0.29, 0.717) is 74.5 Å². The Morgan fingerprint density at radius 3 is 0.667 bits per heavy atom. The van der Waals surface area contributed by atoms with E-state index in [1.165, 1.54) is 0 Å². The van der Waals surface area contributed by atoms with Crippen LogP contribution < -0.4 is 0 Å². The zero-order valence-electron chi connectivity index (χ0n) is 12.4. The van der Waals surface area contributed by atoms with E-state index in [1.807, 2.05) is 0 Å². The van der Waals surface area contributed by atoms with Gasteiger partial charge in [0.05, 0.1) is 0 Å². The number of Topliss-reactive ketones (excluding diaryl/α,β-unsaturated/α-hetero) is 4. The molecule has 0 bridgehead atoms. The minimum absolute atomic E-state index is 0. The third kappa shape index (κ3) is 10.5. The maximum absolute atomic E-state index is 10.8. The SMILES string of the molecule is O=C1CCCC(=O)CCC1.O=C1CCCC(=O)CCC1.[Ni]. The third-order valence-electron chi connectivity index (χ3n) is 3.64. The Balaban J connectivity index is 0.000000364. The number of rotatable bonds is 0. The second kappa shape index (κ2) is 11.8. The summed E-state index contributed by atoms with van der Waals surface area (Å²) in [6, 6.07) is 0. The molecule has 0 unspecified atom stereocenters. The number of carbonyl (C=O) groups excluding carboxylic acids is 4. The van der Waals surface area contributed by atoms with Crippen molar-refractivity contribution in [3.63, 3.8) is 0 Å². The van der Waals surface area contributed by atoms with Crippen LogP contribution >= 0.6 is 0 Å². The van der Waals surface area contributed by atoms with Gasteiger partial charge in [0.15, 0.2) is 0 Å². The summed E-state index contributed by atoms with van der Waals surface area (Å²) >= 11 is 0. The molecular weight excluding hydrogens is 315 g/mol. The van der Waals surface area contributed by atoms with Crippen LogP contribution in [0.15, 0.2) is 0 Å². The summed E-state index contributed by atoms with van der Waals surface area (Å²) in [5.74, 6) is 1.31. The predicted molar refractivity (Wildman–Crippen MR) is 75.4 cm³/mol. The van der Waals surface area contributed by atoms with Crippen LogP contribution in [-0.4, -0.2) is 23.1 Å². The van der Waals surface area contributed by atoms with Crippen molar-refractivity contribution in [1.82, 2.24) is 0 Å². The first-order valence-electron chi connectivity index (χ1n) is 7.64. The maximum Gasteiger partial charge on any atom is 0.132 e. The van der Waals surface area contributed by atoms with Gasteiger partial charge in [0.1, 0.15) is 23.1 Å². The standard InChI is InChI=1S/2C8H12O2.Ni/c2*9-7-3-1-4-8(10)6-2-5-7;/h2*1-6H2;. The van der Waals surface area contributed by atoms with Crippen molar-refractivity contribution in [2.45, 2.75) is 77.0 Å². The van der Waals surface area contributed by atoms with Crippen molar-refractivity contribution in [2.24, 2.45) is 0 Å². The van der Waals surface area contributed by atoms with E-state index in [2.05, 4.69) is 0 Å². The fraction of sp³-hybridized carbons (Fsp3) is 0.750. The number of hydrogen-bond acceptors (Lipinski definition) is 4. The van der Waals surface area contributed by atoms with Crippen molar-refractivity contribution >= 4 is 23.1 Å². The molecule has 0 saturated heterocycles. The van der Waals surface area contributed by atoms with Crippen LogP contribution in [0.4, 0.5) is 0 Å². The first-order chi connectivity index (χ1) is 9.58. The fourth-order valence-electron chi connectivity index (χ4n) is 2.43. The van der Waals surface area contributed by atoms with Gasteiger partial charge in [-0.05, 0) is 25.7 Å². The third-order valence-corrected chi connectivity index (χ3v) is 3.64. The molecule has 21 heavy (non-hydrogen) atoms. The summed E-state index contributed by atoms with van der Waals surface area (Å²) in [5.41, 5.74) is 0. The summed E-state index contributed by atoms with van der Waals surface area (Å²) < 4.78 is 0. The average Bonchev–Trinajstić information content (AvgIpc) is 2.35. The van der Waals surface area contributed by atoms with Crippen LogP contribution in [0.3, 0.4) is 0 Å². The topological polar surface area (TPSA) is 68.3 Å². The van der Waals surface area contributed by atoms with Gasteiger partial charge in [-0.15, -0.1) is 0 Å². The van der Waals surface area contributed by atoms with Crippen molar-refractivity contribution in [1.29, 1.82) is 0 Å². The number of ketones is 4. The van der Waals surface area contributed by atoms with Gasteiger partial charge in [-0.3, -0.25) is 19.2 Å². The molecule has 0 spiro atoms. The normalized spacial score (nSPS) is 21.0. The molecule has 2 aliphatic carbocycles. The second-order valence-electron chi connectivity index (χ2n) is 5.57. The Hall–Kier alpha value is -0.826. The molecule has 0 aromatic carbocycles. The summed E-state index contributed by atoms with van der Waals surface area (Å²) in [7, 11) is 0. The summed E-state index contributed by atoms with van der Waals surface area (Å²) in [6.07, 6.45) is 8.04. The quantitative estimate of drug-likeness (QED) is 0.637. The molecule has 0 N–H and O–H groups in total. The van der Waals surface area contributed by atoms with Gasteiger partial charge in [0.2, 0.25) is 0 Å². The molecule has 122 valence electrons. The van der Waals surface area contributed by atoms with Crippen molar-refractivity contribution in [3.8, 4) is 0 Å². The van der Waals surface area contributed by atoms with E-state index in [0.717, 1.165) is 25.7 Å². The molecule has 0 heterocycles. The van der Waals surface area contributed by atoms with E-state index in [-0.39, 0.29) is 16.5 Å². The molecule has 2 fully saturated rings. The minimum Gasteiger partial charge on any atom is -0.300 e. The van der Waals surface area contributed by atoms with Crippen LogP contribution in [0.25, 0.3) is 0 Å². The van der Waals surface area contributed by atoms with Gasteiger partial charge in [-0.1, -0.05) is 0 Å². The van der Waals surface area contributed by atoms with E-state index < -0.39 is 0 Å². The van der Waals surface area contributed by atoms with Crippen LogP contribution in [-0.2, 0) is 35.7 Å². The summed E-state index contributed by atoms with van der Waals surface area (Å²) in [5, 5.41) is 0. The Bertz CT molecular complexity index is 280. The Kier molecular flexibility index (Phi) is 11.3. The molecule has 2 aliphatic rings. The molecule has 5 heteroatoms. The van der Waals surface area contributed by atoms with E-state index in [4.69, 9.17) is 0 Å². The van der Waals surface area contributed by atoms with Crippen LogP contribution in [0.1, 0.15) is 77.0 Å². The van der Waals surface area contributed by atoms with E-state index in [9.17, 15) is 19.2 Å². The van der Waals surface area contributed by atoms with Crippen molar-refractivity contribution in [2.75, 3.05) is 0 Å². The first-order valence-corrected chi connectivity index (χ1v) is 7.64. The van der Waals surface area contributed by atoms with Crippen LogP contribution in [0.2, 0.25) is 0 Å². The van der Waals surface area contributed by atoms with E-state index in [1.54, 1.807) is 0 Å². The smallest absolute Gasteiger partial charge is 0.132 e. The minimum atomic E-state index is 0. The van der Waals surface area contributed by atoms with Gasteiger partial charge in [-0.25, -0.2) is 0 Å². The molecule has 0 aliphatic heterocycles. The van der Waals surface area contributed by atoms with Crippen LogP contribution in [0.5, 0.6) is 0 Å². The van der Waals surface area contributed by atoms with E-state index >= 15 is 0 Å². The largest absolute Gasteiger partial charge is 0.300 e. The predicted octanol–water partition coefficient (Wildman–Crippen LogP) is 2.96. The first kappa shape index (κ1) is 20.2. The second-order valence-corrected chi connectivity index (χ2v) is 5.57. The van der Waals surface area contributed by atoms with Gasteiger partial charge < -0.3 is 0 Å². The fourth-order valence-corrected chi connectivity index (χ4v) is 2.43. The molecular formula is C16H24NiO4. The zero-order chi connectivity index (χ0) is 14.8. The Morgan fingerprint density at radius 1 is 0.381 bits per heavy atom. The number of hydrogen-bond donors (Lipinski definition) is 0. The average molecular weight is 339 g/mol. The summed E-state index contributed by atoms with van der Waals surface area (Å²) in [4.78, 5) is 43.3. The zero-order valence-corrected chi connectivity index (χ0v) is 13.4. The van der Waals surface area contributed by atoms with Crippen molar-refractivity contribution in [3.05, 3.63) is 0 Å². The monoisotopic (exact) mass is 338 g/mol. The molecule has 2 saturated carbocycles. The van der Waals surface area contributed by atoms with Gasteiger partial charge >= 0.3 is 0 Å². The van der Waals surface area contributed by atoms with Gasteiger partial charge in [0, 0.05) is 67.9 Å². The summed E-state index contributed by atoms with van der Waals surface area (Å²) in [6.45, 7) is 0. The molecule has 4 nitrogen and oxygen atoms in total. The Labute approximate surface area is 136 Å².